The van der Waals surface area contributed by atoms with Gasteiger partial charge in [-0.3, -0.25) is 4.99 Å². The maximum Gasteiger partial charge on any atom is 0.191 e. The Balaban J connectivity index is 0.00000312. The SMILES string of the molecule is C#CCOc1ccc(CCNC(=NC)NCc2ccccc2)cc1.I. The number of guanidine groups is 1. The predicted molar refractivity (Wildman–Crippen MR) is 115 cm³/mol. The van der Waals surface area contributed by atoms with E-state index in [1.165, 1.54) is 11.1 Å². The normalized spacial score (nSPS) is 10.3. The zero-order valence-electron chi connectivity index (χ0n) is 14.4. The van der Waals surface area contributed by atoms with Crippen LogP contribution in [0.15, 0.2) is 59.6 Å². The number of benzene rings is 2. The lowest BCUT2D eigenvalue weighted by atomic mass is 10.1. The van der Waals surface area contributed by atoms with Crippen molar-refractivity contribution in [2.75, 3.05) is 20.2 Å². The fourth-order valence-electron chi connectivity index (χ4n) is 2.20. The fraction of sp³-hybridized carbons (Fsp3) is 0.250. The molecule has 0 heterocycles. The molecule has 0 saturated carbocycles. The van der Waals surface area contributed by atoms with Gasteiger partial charge in [-0.25, -0.2) is 0 Å². The number of ether oxygens (including phenoxy) is 1. The van der Waals surface area contributed by atoms with E-state index in [4.69, 9.17) is 11.2 Å². The molecule has 0 saturated heterocycles. The van der Waals surface area contributed by atoms with Crippen LogP contribution in [0.4, 0.5) is 0 Å². The van der Waals surface area contributed by atoms with Crippen LogP contribution in [0.3, 0.4) is 0 Å². The van der Waals surface area contributed by atoms with Gasteiger partial charge < -0.3 is 15.4 Å². The molecule has 25 heavy (non-hydrogen) atoms. The van der Waals surface area contributed by atoms with Crippen molar-refractivity contribution in [3.63, 3.8) is 0 Å². The van der Waals surface area contributed by atoms with E-state index >= 15 is 0 Å². The van der Waals surface area contributed by atoms with Crippen LogP contribution in [-0.4, -0.2) is 26.2 Å². The first-order valence-corrected chi connectivity index (χ1v) is 7.95. The van der Waals surface area contributed by atoms with Crippen LogP contribution in [0.25, 0.3) is 0 Å². The van der Waals surface area contributed by atoms with Crippen molar-refractivity contribution < 1.29 is 4.74 Å². The Hall–Kier alpha value is -2.20. The van der Waals surface area contributed by atoms with E-state index < -0.39 is 0 Å². The summed E-state index contributed by atoms with van der Waals surface area (Å²) in [5.41, 5.74) is 2.46. The lowest BCUT2D eigenvalue weighted by Crippen LogP contribution is -2.37. The maximum atomic E-state index is 5.36. The summed E-state index contributed by atoms with van der Waals surface area (Å²) >= 11 is 0. The molecule has 0 amide bonds. The lowest BCUT2D eigenvalue weighted by Gasteiger charge is -2.12. The van der Waals surface area contributed by atoms with Gasteiger partial charge in [0.2, 0.25) is 0 Å². The molecular weight excluding hydrogens is 425 g/mol. The minimum absolute atomic E-state index is 0. The Kier molecular flexibility index (Phi) is 10.2. The molecule has 2 rings (SSSR count). The number of terminal acetylenes is 1. The van der Waals surface area contributed by atoms with Gasteiger partial charge in [-0.05, 0) is 29.7 Å². The predicted octanol–water partition coefficient (Wildman–Crippen LogP) is 3.22. The first-order valence-electron chi connectivity index (χ1n) is 7.95. The Morgan fingerprint density at radius 3 is 2.40 bits per heavy atom. The Morgan fingerprint density at radius 1 is 1.04 bits per heavy atom. The maximum absolute atomic E-state index is 5.36. The van der Waals surface area contributed by atoms with Crippen molar-refractivity contribution in [2.24, 2.45) is 4.99 Å². The smallest absolute Gasteiger partial charge is 0.191 e. The van der Waals surface area contributed by atoms with E-state index in [0.29, 0.717) is 6.61 Å². The second kappa shape index (κ2) is 12.2. The van der Waals surface area contributed by atoms with Crippen LogP contribution < -0.4 is 15.4 Å². The fourth-order valence-corrected chi connectivity index (χ4v) is 2.20. The number of rotatable bonds is 7. The molecule has 0 fully saturated rings. The van der Waals surface area contributed by atoms with Gasteiger partial charge in [-0.2, -0.15) is 0 Å². The van der Waals surface area contributed by atoms with E-state index in [-0.39, 0.29) is 24.0 Å². The first kappa shape index (κ1) is 20.8. The molecule has 0 aromatic heterocycles. The highest BCUT2D eigenvalue weighted by atomic mass is 127. The van der Waals surface area contributed by atoms with Gasteiger partial charge >= 0.3 is 0 Å². The summed E-state index contributed by atoms with van der Waals surface area (Å²) in [7, 11) is 1.78. The van der Waals surface area contributed by atoms with Crippen molar-refractivity contribution in [1.82, 2.24) is 10.6 Å². The molecule has 4 nitrogen and oxygen atoms in total. The molecule has 0 atom stereocenters. The van der Waals surface area contributed by atoms with Gasteiger partial charge in [0.05, 0.1) is 0 Å². The van der Waals surface area contributed by atoms with Crippen LogP contribution in [-0.2, 0) is 13.0 Å². The Labute approximate surface area is 167 Å². The third-order valence-corrected chi connectivity index (χ3v) is 3.48. The van der Waals surface area contributed by atoms with Crippen LogP contribution in [0, 0.1) is 12.3 Å². The van der Waals surface area contributed by atoms with Gasteiger partial charge in [0, 0.05) is 20.1 Å². The van der Waals surface area contributed by atoms with Gasteiger partial charge in [0.15, 0.2) is 5.96 Å². The van der Waals surface area contributed by atoms with Gasteiger partial charge in [-0.15, -0.1) is 30.4 Å². The summed E-state index contributed by atoms with van der Waals surface area (Å²) < 4.78 is 5.36. The first-order chi connectivity index (χ1) is 11.8. The zero-order chi connectivity index (χ0) is 17.0. The average Bonchev–Trinajstić information content (AvgIpc) is 2.64. The highest BCUT2D eigenvalue weighted by molar-refractivity contribution is 14.0. The van der Waals surface area contributed by atoms with Crippen molar-refractivity contribution in [3.8, 4) is 18.1 Å². The number of hydrogen-bond donors (Lipinski definition) is 2. The van der Waals surface area contributed by atoms with Crippen LogP contribution in [0.1, 0.15) is 11.1 Å². The molecule has 5 heteroatoms. The van der Waals surface area contributed by atoms with Crippen LogP contribution >= 0.6 is 24.0 Å². The van der Waals surface area contributed by atoms with Gasteiger partial charge in [0.1, 0.15) is 12.4 Å². The summed E-state index contributed by atoms with van der Waals surface area (Å²) in [6.07, 6.45) is 6.08. The van der Waals surface area contributed by atoms with Crippen molar-refractivity contribution in [2.45, 2.75) is 13.0 Å². The highest BCUT2D eigenvalue weighted by Gasteiger charge is 1.99. The lowest BCUT2D eigenvalue weighted by molar-refractivity contribution is 0.370. The number of halogens is 1. The molecule has 2 aromatic carbocycles. The second-order valence-electron chi connectivity index (χ2n) is 5.22. The zero-order valence-corrected chi connectivity index (χ0v) is 16.7. The molecule has 0 bridgehead atoms. The molecular formula is C20H24IN3O. The van der Waals surface area contributed by atoms with Crippen molar-refractivity contribution in [3.05, 3.63) is 65.7 Å². The molecule has 0 radical (unpaired) electrons. The van der Waals surface area contributed by atoms with E-state index in [0.717, 1.165) is 31.2 Å². The number of nitrogens with zero attached hydrogens (tertiary/aromatic N) is 1. The summed E-state index contributed by atoms with van der Waals surface area (Å²) in [6, 6.07) is 18.2. The molecule has 0 aliphatic carbocycles. The second-order valence-corrected chi connectivity index (χ2v) is 5.22. The third kappa shape index (κ3) is 7.94. The summed E-state index contributed by atoms with van der Waals surface area (Å²) in [4.78, 5) is 4.24. The Morgan fingerprint density at radius 2 is 1.76 bits per heavy atom. The van der Waals surface area contributed by atoms with Gasteiger partial charge in [0.25, 0.3) is 0 Å². The van der Waals surface area contributed by atoms with Gasteiger partial charge in [-0.1, -0.05) is 48.4 Å². The van der Waals surface area contributed by atoms with E-state index in [1.807, 2.05) is 42.5 Å². The summed E-state index contributed by atoms with van der Waals surface area (Å²) in [5, 5.41) is 6.62. The quantitative estimate of drug-likeness (QED) is 0.295. The minimum Gasteiger partial charge on any atom is -0.481 e. The highest BCUT2D eigenvalue weighted by Crippen LogP contribution is 2.12. The topological polar surface area (TPSA) is 45.6 Å². The minimum atomic E-state index is 0. The van der Waals surface area contributed by atoms with Crippen LogP contribution in [0.5, 0.6) is 5.75 Å². The Bertz CT molecular complexity index is 678. The number of aliphatic imine (C=N–C) groups is 1. The molecule has 0 unspecified atom stereocenters. The molecule has 132 valence electrons. The van der Waals surface area contributed by atoms with E-state index in [9.17, 15) is 0 Å². The molecule has 0 spiro atoms. The molecule has 2 aromatic rings. The average molecular weight is 449 g/mol. The van der Waals surface area contributed by atoms with Crippen molar-refractivity contribution >= 4 is 29.9 Å². The monoisotopic (exact) mass is 449 g/mol. The van der Waals surface area contributed by atoms with Crippen LogP contribution in [0.2, 0.25) is 0 Å². The van der Waals surface area contributed by atoms with Crippen molar-refractivity contribution in [1.29, 1.82) is 0 Å². The van der Waals surface area contributed by atoms with E-state index in [1.54, 1.807) is 7.05 Å². The summed E-state index contributed by atoms with van der Waals surface area (Å²) in [6.45, 7) is 1.85. The molecule has 2 N–H and O–H groups in total. The third-order valence-electron chi connectivity index (χ3n) is 3.48. The van der Waals surface area contributed by atoms with E-state index in [2.05, 4.69) is 33.7 Å². The number of hydrogen-bond acceptors (Lipinski definition) is 2. The standard InChI is InChI=1S/C20H23N3O.HI/c1-3-15-24-19-11-9-17(10-12-19)13-14-22-20(21-2)23-16-18-7-5-4-6-8-18;/h1,4-12H,13-16H2,2H3,(H2,21,22,23);1H. The molecule has 0 aliphatic heterocycles. The number of nitrogens with one attached hydrogen (secondary N) is 2. The largest absolute Gasteiger partial charge is 0.481 e. The summed E-state index contributed by atoms with van der Waals surface area (Å²) in [5.74, 6) is 4.05. The molecule has 0 aliphatic rings.